The molecular formula is C14H28IN3O. The van der Waals surface area contributed by atoms with Crippen LogP contribution in [0.15, 0.2) is 4.99 Å². The Hall–Kier alpha value is -0.0400. The van der Waals surface area contributed by atoms with Crippen LogP contribution in [0, 0.1) is 11.3 Å². The second-order valence-electron chi connectivity index (χ2n) is 6.33. The third-order valence-electron chi connectivity index (χ3n) is 4.16. The lowest BCUT2D eigenvalue weighted by Gasteiger charge is -2.38. The van der Waals surface area contributed by atoms with Gasteiger partial charge in [-0.1, -0.05) is 13.8 Å². The normalized spacial score (nSPS) is 29.9. The average Bonchev–Trinajstić information content (AvgIpc) is 2.34. The molecule has 1 aliphatic carbocycles. The van der Waals surface area contributed by atoms with Crippen LogP contribution in [-0.2, 0) is 4.74 Å². The van der Waals surface area contributed by atoms with Crippen molar-refractivity contribution in [1.82, 2.24) is 10.6 Å². The van der Waals surface area contributed by atoms with Gasteiger partial charge in [0, 0.05) is 25.0 Å². The average molecular weight is 381 g/mol. The number of guanidine groups is 1. The number of hydrogen-bond donors (Lipinski definition) is 2. The van der Waals surface area contributed by atoms with Gasteiger partial charge in [0.15, 0.2) is 5.96 Å². The number of aliphatic imine (C=N–C) groups is 1. The van der Waals surface area contributed by atoms with E-state index < -0.39 is 0 Å². The van der Waals surface area contributed by atoms with Crippen LogP contribution in [0.2, 0.25) is 0 Å². The maximum absolute atomic E-state index is 5.27. The van der Waals surface area contributed by atoms with E-state index in [1.807, 2.05) is 7.05 Å². The lowest BCUT2D eigenvalue weighted by atomic mass is 9.87. The zero-order valence-corrected chi connectivity index (χ0v) is 14.7. The number of ether oxygens (including phenoxy) is 1. The number of halogens is 1. The summed E-state index contributed by atoms with van der Waals surface area (Å²) in [5.74, 6) is 1.84. The minimum atomic E-state index is 0. The van der Waals surface area contributed by atoms with Crippen LogP contribution in [-0.4, -0.2) is 38.8 Å². The van der Waals surface area contributed by atoms with E-state index >= 15 is 0 Å². The first-order chi connectivity index (χ1) is 8.61. The summed E-state index contributed by atoms with van der Waals surface area (Å²) in [7, 11) is 1.85. The molecule has 2 rings (SSSR count). The van der Waals surface area contributed by atoms with Crippen molar-refractivity contribution in [1.29, 1.82) is 0 Å². The first-order valence-corrected chi connectivity index (χ1v) is 7.16. The van der Waals surface area contributed by atoms with Crippen LogP contribution < -0.4 is 10.6 Å². The molecule has 0 atom stereocenters. The van der Waals surface area contributed by atoms with E-state index in [1.165, 1.54) is 25.7 Å². The molecule has 0 aromatic carbocycles. The molecule has 0 amide bonds. The summed E-state index contributed by atoms with van der Waals surface area (Å²) in [6.45, 7) is 7.26. The quantitative estimate of drug-likeness (QED) is 0.448. The summed E-state index contributed by atoms with van der Waals surface area (Å²) >= 11 is 0. The minimum Gasteiger partial charge on any atom is -0.380 e. The van der Waals surface area contributed by atoms with Crippen molar-refractivity contribution in [2.75, 3.05) is 26.8 Å². The molecule has 0 unspecified atom stereocenters. The van der Waals surface area contributed by atoms with E-state index in [0.29, 0.717) is 11.5 Å². The lowest BCUT2D eigenvalue weighted by molar-refractivity contribution is -0.0971. The van der Waals surface area contributed by atoms with Crippen LogP contribution in [0.4, 0.5) is 0 Å². The molecule has 0 radical (unpaired) electrons. The summed E-state index contributed by atoms with van der Waals surface area (Å²) in [5.41, 5.74) is 0.290. The molecule has 4 nitrogen and oxygen atoms in total. The fourth-order valence-corrected chi connectivity index (χ4v) is 2.64. The van der Waals surface area contributed by atoms with Crippen molar-refractivity contribution in [2.45, 2.75) is 45.6 Å². The Morgan fingerprint density at radius 3 is 2.37 bits per heavy atom. The number of rotatable bonds is 3. The molecule has 1 heterocycles. The fourth-order valence-electron chi connectivity index (χ4n) is 2.64. The third-order valence-corrected chi connectivity index (χ3v) is 4.16. The molecule has 19 heavy (non-hydrogen) atoms. The van der Waals surface area contributed by atoms with E-state index in [9.17, 15) is 0 Å². The molecule has 2 aliphatic rings. The van der Waals surface area contributed by atoms with Crippen molar-refractivity contribution >= 4 is 29.9 Å². The lowest BCUT2D eigenvalue weighted by Crippen LogP contribution is -2.52. The van der Waals surface area contributed by atoms with Gasteiger partial charge in [-0.25, -0.2) is 0 Å². The molecule has 5 heteroatoms. The second kappa shape index (κ2) is 7.67. The van der Waals surface area contributed by atoms with Crippen LogP contribution in [0.3, 0.4) is 0 Å². The summed E-state index contributed by atoms with van der Waals surface area (Å²) in [4.78, 5) is 4.32. The zero-order chi connectivity index (χ0) is 13.0. The van der Waals surface area contributed by atoms with E-state index in [1.54, 1.807) is 0 Å². The summed E-state index contributed by atoms with van der Waals surface area (Å²) in [5, 5.41) is 6.97. The van der Waals surface area contributed by atoms with Crippen molar-refractivity contribution in [3.8, 4) is 0 Å². The highest BCUT2D eigenvalue weighted by atomic mass is 127. The predicted octanol–water partition coefficient (Wildman–Crippen LogP) is 2.38. The van der Waals surface area contributed by atoms with Gasteiger partial charge in [-0.2, -0.15) is 0 Å². The predicted molar refractivity (Wildman–Crippen MR) is 90.3 cm³/mol. The summed E-state index contributed by atoms with van der Waals surface area (Å²) < 4.78 is 5.27. The number of nitrogens with zero attached hydrogens (tertiary/aromatic N) is 1. The van der Waals surface area contributed by atoms with Gasteiger partial charge >= 0.3 is 0 Å². The molecule has 0 bridgehead atoms. The highest BCUT2D eigenvalue weighted by Gasteiger charge is 2.33. The molecule has 2 N–H and O–H groups in total. The topological polar surface area (TPSA) is 45.7 Å². The monoisotopic (exact) mass is 381 g/mol. The van der Waals surface area contributed by atoms with Gasteiger partial charge < -0.3 is 15.4 Å². The Balaban J connectivity index is 0.00000180. The first kappa shape index (κ1) is 17.0. The maximum Gasteiger partial charge on any atom is 0.191 e. The molecule has 0 spiro atoms. The van der Waals surface area contributed by atoms with Crippen molar-refractivity contribution < 1.29 is 4.74 Å². The van der Waals surface area contributed by atoms with Crippen molar-refractivity contribution in [3.05, 3.63) is 0 Å². The van der Waals surface area contributed by atoms with Crippen LogP contribution >= 0.6 is 24.0 Å². The molecule has 1 saturated heterocycles. The Morgan fingerprint density at radius 1 is 1.26 bits per heavy atom. The number of nitrogens with one attached hydrogen (secondary N) is 2. The van der Waals surface area contributed by atoms with E-state index in [0.717, 1.165) is 31.6 Å². The van der Waals surface area contributed by atoms with Gasteiger partial charge in [0.2, 0.25) is 0 Å². The standard InChI is InChI=1S/C14H27N3O.HI/c1-11-4-6-12(7-5-11)17-13(15-3)16-8-14(2)9-18-10-14;/h11-12H,4-10H2,1-3H3,(H2,15,16,17);1H. The van der Waals surface area contributed by atoms with Gasteiger partial charge in [0.05, 0.1) is 13.2 Å². The number of hydrogen-bond acceptors (Lipinski definition) is 2. The van der Waals surface area contributed by atoms with E-state index in [4.69, 9.17) is 4.74 Å². The second-order valence-corrected chi connectivity index (χ2v) is 6.33. The van der Waals surface area contributed by atoms with E-state index in [2.05, 4.69) is 29.5 Å². The first-order valence-electron chi connectivity index (χ1n) is 7.16. The van der Waals surface area contributed by atoms with Crippen LogP contribution in [0.25, 0.3) is 0 Å². The van der Waals surface area contributed by atoms with E-state index in [-0.39, 0.29) is 24.0 Å². The highest BCUT2D eigenvalue weighted by molar-refractivity contribution is 14.0. The Bertz CT molecular complexity index is 297. The summed E-state index contributed by atoms with van der Waals surface area (Å²) in [6, 6.07) is 0.595. The van der Waals surface area contributed by atoms with Gasteiger partial charge in [-0.15, -0.1) is 24.0 Å². The minimum absolute atomic E-state index is 0. The summed E-state index contributed by atoms with van der Waals surface area (Å²) in [6.07, 6.45) is 5.20. The van der Waals surface area contributed by atoms with Crippen molar-refractivity contribution in [2.24, 2.45) is 16.3 Å². The van der Waals surface area contributed by atoms with Gasteiger partial charge in [-0.05, 0) is 31.6 Å². The van der Waals surface area contributed by atoms with Crippen molar-refractivity contribution in [3.63, 3.8) is 0 Å². The Morgan fingerprint density at radius 2 is 1.89 bits per heavy atom. The SMILES string of the molecule is CN=C(NCC1(C)COC1)NC1CCC(C)CC1.I. The maximum atomic E-state index is 5.27. The van der Waals surface area contributed by atoms with Gasteiger partial charge in [-0.3, -0.25) is 4.99 Å². The van der Waals surface area contributed by atoms with Crippen LogP contribution in [0.1, 0.15) is 39.5 Å². The molecule has 2 fully saturated rings. The van der Waals surface area contributed by atoms with Gasteiger partial charge in [0.1, 0.15) is 0 Å². The smallest absolute Gasteiger partial charge is 0.191 e. The van der Waals surface area contributed by atoms with Crippen LogP contribution in [0.5, 0.6) is 0 Å². The zero-order valence-electron chi connectivity index (χ0n) is 12.4. The highest BCUT2D eigenvalue weighted by Crippen LogP contribution is 2.25. The third kappa shape index (κ3) is 5.10. The molecular weight excluding hydrogens is 353 g/mol. The molecule has 112 valence electrons. The molecule has 1 saturated carbocycles. The fraction of sp³-hybridized carbons (Fsp3) is 0.929. The largest absolute Gasteiger partial charge is 0.380 e. The van der Waals surface area contributed by atoms with Gasteiger partial charge in [0.25, 0.3) is 0 Å². The Kier molecular flexibility index (Phi) is 6.86. The molecule has 0 aromatic heterocycles. The molecule has 0 aromatic rings. The molecule has 1 aliphatic heterocycles. The Labute approximate surface area is 134 Å².